The van der Waals surface area contributed by atoms with Gasteiger partial charge in [-0.1, -0.05) is 0 Å². The van der Waals surface area contributed by atoms with Gasteiger partial charge in [-0.2, -0.15) is 4.98 Å². The maximum Gasteiger partial charge on any atom is 0.332 e. The van der Waals surface area contributed by atoms with Crippen molar-refractivity contribution in [3.63, 3.8) is 0 Å². The Hall–Kier alpha value is -2.00. The Bertz CT molecular complexity index is 454. The maximum atomic E-state index is 11.0. The topological polar surface area (TPSA) is 122 Å². The van der Waals surface area contributed by atoms with E-state index >= 15 is 0 Å². The summed E-state index contributed by atoms with van der Waals surface area (Å²) in [6.07, 6.45) is -0.780. The number of aliphatic hydroxyl groups is 1. The molecule has 0 saturated carbocycles. The van der Waals surface area contributed by atoms with Crippen LogP contribution in [0.5, 0.6) is 0 Å². The number of aliphatic hydroxyl groups excluding tert-OH is 1. The molecule has 0 aliphatic carbocycles. The highest BCUT2D eigenvalue weighted by Gasteiger charge is 2.22. The molecule has 0 aliphatic heterocycles. The molecule has 0 spiro atoms. The van der Waals surface area contributed by atoms with E-state index in [9.17, 15) is 15.2 Å². The van der Waals surface area contributed by atoms with Gasteiger partial charge in [-0.05, 0) is 6.92 Å². The van der Waals surface area contributed by atoms with E-state index in [0.717, 1.165) is 0 Å². The quantitative estimate of drug-likeness (QED) is 0.473. The van der Waals surface area contributed by atoms with E-state index in [1.54, 1.807) is 7.05 Å². The van der Waals surface area contributed by atoms with Crippen molar-refractivity contribution in [2.45, 2.75) is 13.0 Å². The predicted octanol–water partition coefficient (Wildman–Crippen LogP) is 0.154. The normalized spacial score (nSPS) is 12.0. The summed E-state index contributed by atoms with van der Waals surface area (Å²) in [7, 11) is 3.07. The number of nitrogens with zero attached hydrogens (tertiary/aromatic N) is 3. The first-order valence-electron chi connectivity index (χ1n) is 5.61. The van der Waals surface area contributed by atoms with Crippen molar-refractivity contribution >= 4 is 17.5 Å². The standard InChI is InChI=1S/C10H17N5O4/c1-6-8(15(17)18)9(14-10(11-2)13-6)12-4-7(16)5-19-3/h7,16H,4-5H2,1-3H3,(H2,11,12,13,14). The lowest BCUT2D eigenvalue weighted by Crippen LogP contribution is -2.25. The van der Waals surface area contributed by atoms with Gasteiger partial charge in [-0.3, -0.25) is 10.1 Å². The maximum absolute atomic E-state index is 11.0. The average molecular weight is 271 g/mol. The van der Waals surface area contributed by atoms with Crippen molar-refractivity contribution in [1.82, 2.24) is 9.97 Å². The SMILES string of the molecule is CNc1nc(C)c([N+](=O)[O-])c(NCC(O)COC)n1. The highest BCUT2D eigenvalue weighted by molar-refractivity contribution is 5.60. The number of nitrogens with one attached hydrogen (secondary N) is 2. The van der Waals surface area contributed by atoms with Crippen molar-refractivity contribution in [2.75, 3.05) is 37.9 Å². The van der Waals surface area contributed by atoms with E-state index in [0.29, 0.717) is 0 Å². The van der Waals surface area contributed by atoms with E-state index in [1.807, 2.05) is 0 Å². The molecule has 1 aromatic rings. The Balaban J connectivity index is 2.96. The average Bonchev–Trinajstić information content (AvgIpc) is 2.35. The fourth-order valence-corrected chi connectivity index (χ4v) is 1.49. The summed E-state index contributed by atoms with van der Waals surface area (Å²) in [6.45, 7) is 1.75. The number of ether oxygens (including phenoxy) is 1. The second-order valence-corrected chi connectivity index (χ2v) is 3.83. The van der Waals surface area contributed by atoms with Crippen LogP contribution in [-0.2, 0) is 4.74 Å². The molecule has 0 fully saturated rings. The van der Waals surface area contributed by atoms with Gasteiger partial charge in [-0.15, -0.1) is 0 Å². The van der Waals surface area contributed by atoms with Crippen molar-refractivity contribution in [2.24, 2.45) is 0 Å². The third-order valence-electron chi connectivity index (χ3n) is 2.33. The second-order valence-electron chi connectivity index (χ2n) is 3.83. The molecular weight excluding hydrogens is 254 g/mol. The monoisotopic (exact) mass is 271 g/mol. The molecule has 0 radical (unpaired) electrons. The summed E-state index contributed by atoms with van der Waals surface area (Å²) in [5, 5.41) is 26.0. The molecule has 1 atom stereocenters. The summed E-state index contributed by atoms with van der Waals surface area (Å²) in [5.74, 6) is 0.337. The molecule has 106 valence electrons. The lowest BCUT2D eigenvalue weighted by atomic mass is 10.3. The Morgan fingerprint density at radius 2 is 2.21 bits per heavy atom. The number of nitro groups is 1. The van der Waals surface area contributed by atoms with Crippen molar-refractivity contribution < 1.29 is 14.8 Å². The van der Waals surface area contributed by atoms with Gasteiger partial charge in [0.05, 0.1) is 17.6 Å². The van der Waals surface area contributed by atoms with Gasteiger partial charge in [0.2, 0.25) is 11.8 Å². The summed E-state index contributed by atoms with van der Waals surface area (Å²) in [6, 6.07) is 0. The molecule has 1 unspecified atom stereocenters. The van der Waals surface area contributed by atoms with Gasteiger partial charge >= 0.3 is 5.69 Å². The molecule has 0 amide bonds. The fourth-order valence-electron chi connectivity index (χ4n) is 1.49. The van der Waals surface area contributed by atoms with Crippen molar-refractivity contribution in [3.05, 3.63) is 15.8 Å². The molecule has 1 aromatic heterocycles. The third-order valence-corrected chi connectivity index (χ3v) is 2.33. The second kappa shape index (κ2) is 6.81. The first kappa shape index (κ1) is 15.1. The Morgan fingerprint density at radius 1 is 1.53 bits per heavy atom. The van der Waals surface area contributed by atoms with Gasteiger partial charge in [-0.25, -0.2) is 4.98 Å². The first-order chi connectivity index (χ1) is 8.99. The van der Waals surface area contributed by atoms with Crippen LogP contribution in [0.1, 0.15) is 5.69 Å². The number of aryl methyl sites for hydroxylation is 1. The minimum absolute atomic E-state index is 0.0667. The van der Waals surface area contributed by atoms with Crippen LogP contribution in [0.4, 0.5) is 17.5 Å². The summed E-state index contributed by atoms with van der Waals surface area (Å²) in [5.41, 5.74) is 0.0386. The minimum Gasteiger partial charge on any atom is -0.389 e. The number of anilines is 2. The van der Waals surface area contributed by atoms with Crippen LogP contribution in [-0.4, -0.2) is 53.4 Å². The van der Waals surface area contributed by atoms with Crippen LogP contribution < -0.4 is 10.6 Å². The molecule has 3 N–H and O–H groups in total. The molecule has 19 heavy (non-hydrogen) atoms. The van der Waals surface area contributed by atoms with Crippen molar-refractivity contribution in [1.29, 1.82) is 0 Å². The molecule has 9 nitrogen and oxygen atoms in total. The van der Waals surface area contributed by atoms with Crippen LogP contribution in [0, 0.1) is 17.0 Å². The highest BCUT2D eigenvalue weighted by Crippen LogP contribution is 2.26. The lowest BCUT2D eigenvalue weighted by Gasteiger charge is -2.12. The third kappa shape index (κ3) is 4.00. The molecule has 1 heterocycles. The zero-order chi connectivity index (χ0) is 14.4. The Kier molecular flexibility index (Phi) is 5.39. The smallest absolute Gasteiger partial charge is 0.332 e. The van der Waals surface area contributed by atoms with Crippen LogP contribution in [0.2, 0.25) is 0 Å². The largest absolute Gasteiger partial charge is 0.389 e. The van der Waals surface area contributed by atoms with Gasteiger partial charge < -0.3 is 20.5 Å². The van der Waals surface area contributed by atoms with E-state index in [-0.39, 0.29) is 36.3 Å². The van der Waals surface area contributed by atoms with Crippen LogP contribution in [0.25, 0.3) is 0 Å². The van der Waals surface area contributed by atoms with Crippen LogP contribution in [0.15, 0.2) is 0 Å². The Morgan fingerprint density at radius 3 is 2.74 bits per heavy atom. The van der Waals surface area contributed by atoms with Crippen LogP contribution >= 0.6 is 0 Å². The highest BCUT2D eigenvalue weighted by atomic mass is 16.6. The molecule has 0 saturated heterocycles. The summed E-state index contributed by atoms with van der Waals surface area (Å²) >= 11 is 0. The zero-order valence-corrected chi connectivity index (χ0v) is 11.0. The van der Waals surface area contributed by atoms with Gasteiger partial charge in [0.15, 0.2) is 0 Å². The van der Waals surface area contributed by atoms with Crippen molar-refractivity contribution in [3.8, 4) is 0 Å². The fraction of sp³-hybridized carbons (Fsp3) is 0.600. The first-order valence-corrected chi connectivity index (χ1v) is 5.61. The Labute approximate surface area is 110 Å². The van der Waals surface area contributed by atoms with Crippen LogP contribution in [0.3, 0.4) is 0 Å². The summed E-state index contributed by atoms with van der Waals surface area (Å²) in [4.78, 5) is 18.4. The number of hydrogen-bond acceptors (Lipinski definition) is 8. The molecule has 9 heteroatoms. The summed E-state index contributed by atoms with van der Waals surface area (Å²) < 4.78 is 4.77. The lowest BCUT2D eigenvalue weighted by molar-refractivity contribution is -0.385. The number of rotatable bonds is 7. The predicted molar refractivity (Wildman–Crippen MR) is 69.3 cm³/mol. The molecular formula is C10H17N5O4. The molecule has 0 aliphatic rings. The van der Waals surface area contributed by atoms with Gasteiger partial charge in [0, 0.05) is 20.7 Å². The zero-order valence-electron chi connectivity index (χ0n) is 11.0. The van der Waals surface area contributed by atoms with E-state index < -0.39 is 11.0 Å². The molecule has 1 rings (SSSR count). The van der Waals surface area contributed by atoms with E-state index in [1.165, 1.54) is 14.0 Å². The number of hydrogen-bond donors (Lipinski definition) is 3. The molecule has 0 bridgehead atoms. The minimum atomic E-state index is -0.780. The van der Waals surface area contributed by atoms with Gasteiger partial charge in [0.1, 0.15) is 5.69 Å². The van der Waals surface area contributed by atoms with E-state index in [4.69, 9.17) is 4.74 Å². The van der Waals surface area contributed by atoms with Gasteiger partial charge in [0.25, 0.3) is 0 Å². The van der Waals surface area contributed by atoms with E-state index in [2.05, 4.69) is 20.6 Å². The number of methoxy groups -OCH3 is 1. The number of aromatic nitrogens is 2. The molecule has 0 aromatic carbocycles.